The molecular weight excluding hydrogens is 579 g/mol. The maximum Gasteiger partial charge on any atom is 0.456 e. The number of carbonyl (C=O) groups is 2. The molecule has 0 aromatic heterocycles. The lowest BCUT2D eigenvalue weighted by Crippen LogP contribution is -2.65. The van der Waals surface area contributed by atoms with Gasteiger partial charge in [-0.1, -0.05) is 61.0 Å². The van der Waals surface area contributed by atoms with E-state index in [4.69, 9.17) is 5.11 Å². The summed E-state index contributed by atoms with van der Waals surface area (Å²) in [5, 5.41) is 20.5. The van der Waals surface area contributed by atoms with Gasteiger partial charge in [-0.15, -0.1) is 0 Å². The highest BCUT2D eigenvalue weighted by Gasteiger charge is 2.79. The number of aromatic carboxylic acids is 1. The Hall–Kier alpha value is -3.59. The quantitative estimate of drug-likeness (QED) is 0.263. The molecule has 232 valence electrons. The Morgan fingerprint density at radius 2 is 1.52 bits per heavy atom. The van der Waals surface area contributed by atoms with Crippen molar-refractivity contribution in [1.29, 1.82) is 0 Å². The summed E-state index contributed by atoms with van der Waals surface area (Å²) in [6.45, 7) is 1.42. The predicted octanol–water partition coefficient (Wildman–Crippen LogP) is 8.38. The van der Waals surface area contributed by atoms with Gasteiger partial charge in [0.15, 0.2) is 5.78 Å². The van der Waals surface area contributed by atoms with Crippen LogP contribution in [0, 0.1) is 17.3 Å². The monoisotopic (exact) mass is 612 g/mol. The van der Waals surface area contributed by atoms with Crippen molar-refractivity contribution in [3.05, 3.63) is 93.6 Å². The largest absolute Gasteiger partial charge is 0.478 e. The molecule has 0 aliphatic heterocycles. The molecule has 2 aromatic carbocycles. The highest BCUT2D eigenvalue weighted by atomic mass is 19.4. The van der Waals surface area contributed by atoms with Crippen molar-refractivity contribution in [3.8, 4) is 0 Å². The van der Waals surface area contributed by atoms with Crippen LogP contribution in [0.15, 0.2) is 71.3 Å². The molecule has 2 N–H and O–H groups in total. The summed E-state index contributed by atoms with van der Waals surface area (Å²) in [4.78, 5) is 23.3. The number of carboxylic acids is 1. The van der Waals surface area contributed by atoms with Gasteiger partial charge in [-0.3, -0.25) is 4.79 Å². The Morgan fingerprint density at radius 3 is 2.11 bits per heavy atom. The number of fused-ring (bicyclic) bond motifs is 4. The number of ketones is 1. The number of rotatable bonds is 5. The van der Waals surface area contributed by atoms with Gasteiger partial charge in [0.2, 0.25) is 0 Å². The lowest BCUT2D eigenvalue weighted by atomic mass is 9.50. The maximum absolute atomic E-state index is 15.2. The van der Waals surface area contributed by atoms with Crippen LogP contribution in [0.2, 0.25) is 0 Å². The van der Waals surface area contributed by atoms with Crippen LogP contribution in [-0.2, 0) is 4.79 Å². The van der Waals surface area contributed by atoms with Crippen molar-refractivity contribution in [2.75, 3.05) is 0 Å². The van der Waals surface area contributed by atoms with Gasteiger partial charge in [0, 0.05) is 17.8 Å². The number of carboxylic acid groups (broad SMARTS) is 1. The molecule has 0 amide bonds. The van der Waals surface area contributed by atoms with Crippen LogP contribution in [0.25, 0.3) is 12.2 Å². The first-order valence-corrected chi connectivity index (χ1v) is 14.9. The van der Waals surface area contributed by atoms with Crippen LogP contribution in [0.4, 0.5) is 22.0 Å². The fourth-order valence-electron chi connectivity index (χ4n) is 8.48. The summed E-state index contributed by atoms with van der Waals surface area (Å²) >= 11 is 0. The van der Waals surface area contributed by atoms with Crippen molar-refractivity contribution in [3.63, 3.8) is 0 Å². The zero-order chi connectivity index (χ0) is 31.7. The third-order valence-electron chi connectivity index (χ3n) is 10.7. The van der Waals surface area contributed by atoms with Crippen molar-refractivity contribution < 1.29 is 41.8 Å². The van der Waals surface area contributed by atoms with E-state index in [1.807, 2.05) is 36.4 Å². The predicted molar refractivity (Wildman–Crippen MR) is 155 cm³/mol. The van der Waals surface area contributed by atoms with E-state index in [1.165, 1.54) is 19.1 Å². The topological polar surface area (TPSA) is 74.6 Å². The molecule has 0 bridgehead atoms. The van der Waals surface area contributed by atoms with E-state index in [9.17, 15) is 27.9 Å². The average Bonchev–Trinajstić information content (AvgIpc) is 3.26. The fourth-order valence-corrected chi connectivity index (χ4v) is 8.48. The molecule has 44 heavy (non-hydrogen) atoms. The first-order valence-electron chi connectivity index (χ1n) is 14.9. The molecule has 0 radical (unpaired) electrons. The fraction of sp³-hybridized carbons (Fsp3) is 0.429. The van der Waals surface area contributed by atoms with Gasteiger partial charge < -0.3 is 10.2 Å². The van der Waals surface area contributed by atoms with E-state index in [1.54, 1.807) is 18.2 Å². The summed E-state index contributed by atoms with van der Waals surface area (Å²) in [6.07, 6.45) is 0.739. The average molecular weight is 613 g/mol. The summed E-state index contributed by atoms with van der Waals surface area (Å²) in [6, 6.07) is 13.8. The first-order chi connectivity index (χ1) is 20.7. The Labute approximate surface area is 252 Å². The number of halogens is 5. The lowest BCUT2D eigenvalue weighted by molar-refractivity contribution is -0.362. The Bertz CT molecular complexity index is 1580. The molecule has 4 aliphatic carbocycles. The minimum Gasteiger partial charge on any atom is -0.478 e. The molecule has 5 atom stereocenters. The number of hydrogen-bond acceptors (Lipinski definition) is 3. The molecule has 0 heterocycles. The molecular formula is C35H33F5O4. The molecule has 0 saturated heterocycles. The molecule has 2 saturated carbocycles. The van der Waals surface area contributed by atoms with Gasteiger partial charge >= 0.3 is 18.1 Å². The van der Waals surface area contributed by atoms with Crippen molar-refractivity contribution in [1.82, 2.24) is 0 Å². The maximum atomic E-state index is 15.2. The van der Waals surface area contributed by atoms with E-state index in [0.29, 0.717) is 25.7 Å². The zero-order valence-electron chi connectivity index (χ0n) is 24.1. The van der Waals surface area contributed by atoms with Crippen LogP contribution >= 0.6 is 0 Å². The van der Waals surface area contributed by atoms with Gasteiger partial charge in [0.1, 0.15) is 5.60 Å². The van der Waals surface area contributed by atoms with E-state index in [0.717, 1.165) is 33.4 Å². The minimum atomic E-state index is -5.89. The van der Waals surface area contributed by atoms with Crippen LogP contribution in [0.3, 0.4) is 0 Å². The van der Waals surface area contributed by atoms with Gasteiger partial charge in [0.25, 0.3) is 0 Å². The molecule has 6 rings (SSSR count). The Balaban J connectivity index is 1.39. The van der Waals surface area contributed by atoms with Gasteiger partial charge in [-0.05, 0) is 96.4 Å². The van der Waals surface area contributed by atoms with Crippen molar-refractivity contribution in [2.45, 2.75) is 75.5 Å². The van der Waals surface area contributed by atoms with E-state index in [2.05, 4.69) is 0 Å². The van der Waals surface area contributed by atoms with Crippen LogP contribution in [0.1, 0.15) is 84.8 Å². The summed E-state index contributed by atoms with van der Waals surface area (Å²) in [5.41, 5.74) is 0.601. The summed E-state index contributed by atoms with van der Waals surface area (Å²) in [7, 11) is 0. The number of allylic oxidation sites excluding steroid dienone is 4. The third kappa shape index (κ3) is 4.66. The standard InChI is InChI=1S/C35H33F5O4/c1-32-19-28(22-8-4-20(5-9-22)2-3-21-6-10-23(11-7-21)31(42)43)30-26-15-13-25(41)18-24(26)12-14-27(30)29(32)16-17-33(32,44)34(36,37)35(38,39)40/h2-11,18,27-29,44H,12-17,19H2,1H3,(H,42,43)/t27-,28+,29-,32-,33-/m0/s1. The molecule has 0 spiro atoms. The normalized spacial score (nSPS) is 30.6. The molecule has 4 aliphatic rings. The summed E-state index contributed by atoms with van der Waals surface area (Å²) in [5.74, 6) is -7.57. The van der Waals surface area contributed by atoms with Crippen LogP contribution in [-0.4, -0.2) is 39.7 Å². The molecule has 2 fully saturated rings. The highest BCUT2D eigenvalue weighted by Crippen LogP contribution is 2.70. The number of alkyl halides is 5. The van der Waals surface area contributed by atoms with E-state index in [-0.39, 0.29) is 30.1 Å². The second-order valence-corrected chi connectivity index (χ2v) is 12.9. The van der Waals surface area contributed by atoms with Crippen LogP contribution in [0.5, 0.6) is 0 Å². The van der Waals surface area contributed by atoms with Gasteiger partial charge in [-0.25, -0.2) is 4.79 Å². The van der Waals surface area contributed by atoms with Crippen molar-refractivity contribution in [2.24, 2.45) is 17.3 Å². The van der Waals surface area contributed by atoms with Gasteiger partial charge in [-0.2, -0.15) is 22.0 Å². The molecule has 4 nitrogen and oxygen atoms in total. The SMILES string of the molecule is C[C@]12C[C@H](c3ccc(C=Cc4ccc(C(=O)O)cc4)cc3)C3=C4CCC(=O)C=C4CC[C@H]3[C@@H]1CC[C@@]2(O)C(F)(F)C(F)(F)F. The van der Waals surface area contributed by atoms with Crippen LogP contribution < -0.4 is 0 Å². The lowest BCUT2D eigenvalue weighted by Gasteiger charge is -2.56. The molecule has 0 unspecified atom stereocenters. The van der Waals surface area contributed by atoms with Gasteiger partial charge in [0.05, 0.1) is 5.56 Å². The first kappa shape index (κ1) is 30.4. The third-order valence-corrected chi connectivity index (χ3v) is 10.7. The highest BCUT2D eigenvalue weighted by molar-refractivity contribution is 5.93. The molecule has 9 heteroatoms. The second kappa shape index (κ2) is 10.5. The number of aliphatic hydroxyl groups is 1. The summed E-state index contributed by atoms with van der Waals surface area (Å²) < 4.78 is 71.7. The minimum absolute atomic E-state index is 0.0359. The Kier molecular flexibility index (Phi) is 7.26. The number of carbonyl (C=O) groups excluding carboxylic acids is 1. The molecule has 2 aromatic rings. The number of benzene rings is 2. The number of hydrogen-bond donors (Lipinski definition) is 2. The zero-order valence-corrected chi connectivity index (χ0v) is 24.1. The van der Waals surface area contributed by atoms with E-state index < -0.39 is 47.3 Å². The second-order valence-electron chi connectivity index (χ2n) is 12.9. The van der Waals surface area contributed by atoms with Crippen molar-refractivity contribution >= 4 is 23.9 Å². The Morgan fingerprint density at radius 1 is 0.909 bits per heavy atom. The smallest absolute Gasteiger partial charge is 0.456 e. The van der Waals surface area contributed by atoms with E-state index >= 15 is 8.78 Å².